The van der Waals surface area contributed by atoms with Gasteiger partial charge in [-0.15, -0.1) is 0 Å². The lowest BCUT2D eigenvalue weighted by molar-refractivity contribution is 0.0316. The molecule has 1 fully saturated rings. The fourth-order valence-corrected chi connectivity index (χ4v) is 2.74. The van der Waals surface area contributed by atoms with Crippen molar-refractivity contribution in [3.63, 3.8) is 0 Å². The van der Waals surface area contributed by atoms with Crippen LogP contribution < -0.4 is 9.47 Å². The number of aliphatic hydroxyl groups is 1. The summed E-state index contributed by atoms with van der Waals surface area (Å²) in [5.74, 6) is 1.19. The topological polar surface area (TPSA) is 70.0 Å². The highest BCUT2D eigenvalue weighted by atomic mass is 16.5. The first-order chi connectivity index (χ1) is 12.2. The Kier molecular flexibility index (Phi) is 5.86. The molecule has 3 rings (SSSR count). The zero-order chi connectivity index (χ0) is 17.6. The average molecular weight is 345 g/mol. The minimum absolute atomic E-state index is 0.164. The van der Waals surface area contributed by atoms with Gasteiger partial charge < -0.3 is 24.1 Å². The molecule has 2 aromatic rings. The van der Waals surface area contributed by atoms with Gasteiger partial charge in [0.05, 0.1) is 39.2 Å². The number of benzene rings is 1. The second kappa shape index (κ2) is 8.29. The highest BCUT2D eigenvalue weighted by molar-refractivity contribution is 5.44. The Bertz CT molecular complexity index is 683. The van der Waals surface area contributed by atoms with Gasteiger partial charge in [-0.2, -0.15) is 0 Å². The normalized spacial score (nSPS) is 18.1. The summed E-state index contributed by atoms with van der Waals surface area (Å²) in [7, 11) is 3.14. The lowest BCUT2D eigenvalue weighted by Crippen LogP contribution is -2.12. The number of hydrogen-bond acceptors (Lipinski definition) is 6. The van der Waals surface area contributed by atoms with E-state index in [4.69, 9.17) is 18.9 Å². The summed E-state index contributed by atoms with van der Waals surface area (Å²) in [5.41, 5.74) is 2.23. The van der Waals surface area contributed by atoms with Crippen molar-refractivity contribution in [2.24, 2.45) is 0 Å². The molecule has 134 valence electrons. The molecule has 2 heterocycles. The number of pyridine rings is 1. The molecule has 0 spiro atoms. The predicted octanol–water partition coefficient (Wildman–Crippen LogP) is 2.49. The molecule has 6 heteroatoms. The van der Waals surface area contributed by atoms with Crippen LogP contribution in [0, 0.1) is 0 Å². The van der Waals surface area contributed by atoms with Crippen LogP contribution >= 0.6 is 0 Å². The Hall–Kier alpha value is -2.15. The Morgan fingerprint density at radius 1 is 1.20 bits per heavy atom. The van der Waals surface area contributed by atoms with Crippen molar-refractivity contribution in [1.29, 1.82) is 0 Å². The number of aromatic nitrogens is 1. The molecule has 0 radical (unpaired) electrons. The number of hydrogen-bond donors (Lipinski definition) is 1. The van der Waals surface area contributed by atoms with Crippen LogP contribution in [0.3, 0.4) is 0 Å². The first-order valence-electron chi connectivity index (χ1n) is 8.25. The molecule has 25 heavy (non-hydrogen) atoms. The molecule has 1 N–H and O–H groups in total. The Labute approximate surface area is 147 Å². The maximum atomic E-state index is 10.6. The predicted molar refractivity (Wildman–Crippen MR) is 91.9 cm³/mol. The molecule has 0 saturated carbocycles. The highest BCUT2D eigenvalue weighted by Gasteiger charge is 2.17. The first-order valence-corrected chi connectivity index (χ1v) is 8.25. The van der Waals surface area contributed by atoms with Gasteiger partial charge in [0.15, 0.2) is 11.5 Å². The summed E-state index contributed by atoms with van der Waals surface area (Å²) < 4.78 is 21.6. The minimum Gasteiger partial charge on any atom is -0.493 e. The molecule has 1 saturated heterocycles. The third kappa shape index (κ3) is 4.28. The molecule has 0 aliphatic carbocycles. The fraction of sp³-hybridized carbons (Fsp3) is 0.421. The second-order valence-corrected chi connectivity index (χ2v) is 5.90. The van der Waals surface area contributed by atoms with Gasteiger partial charge in [0.1, 0.15) is 6.10 Å². The number of methoxy groups -OCH3 is 2. The summed E-state index contributed by atoms with van der Waals surface area (Å²) >= 11 is 0. The molecule has 1 unspecified atom stereocenters. The number of rotatable bonds is 7. The van der Waals surface area contributed by atoms with Gasteiger partial charge in [0.2, 0.25) is 0 Å². The monoisotopic (exact) mass is 345 g/mol. The van der Waals surface area contributed by atoms with E-state index in [1.54, 1.807) is 38.6 Å². The van der Waals surface area contributed by atoms with Gasteiger partial charge in [-0.1, -0.05) is 12.1 Å². The van der Waals surface area contributed by atoms with Crippen molar-refractivity contribution in [2.45, 2.75) is 25.2 Å². The number of nitrogens with zero attached hydrogens (tertiary/aromatic N) is 1. The van der Waals surface area contributed by atoms with E-state index < -0.39 is 6.10 Å². The second-order valence-electron chi connectivity index (χ2n) is 5.90. The van der Waals surface area contributed by atoms with Gasteiger partial charge in [0.25, 0.3) is 0 Å². The molecule has 0 bridgehead atoms. The largest absolute Gasteiger partial charge is 0.493 e. The van der Waals surface area contributed by atoms with Crippen LogP contribution in [-0.2, 0) is 16.1 Å². The van der Waals surface area contributed by atoms with E-state index in [0.29, 0.717) is 36.0 Å². The summed E-state index contributed by atoms with van der Waals surface area (Å²) in [4.78, 5) is 4.36. The van der Waals surface area contributed by atoms with E-state index in [9.17, 15) is 5.11 Å². The number of ether oxygens (including phenoxy) is 4. The van der Waals surface area contributed by atoms with Crippen LogP contribution in [0.25, 0.3) is 0 Å². The molecule has 1 aromatic heterocycles. The van der Waals surface area contributed by atoms with Crippen molar-refractivity contribution >= 4 is 0 Å². The van der Waals surface area contributed by atoms with Crippen LogP contribution in [-0.4, -0.2) is 43.6 Å². The first kappa shape index (κ1) is 17.7. The van der Waals surface area contributed by atoms with Crippen molar-refractivity contribution in [3.05, 3.63) is 53.3 Å². The van der Waals surface area contributed by atoms with Crippen LogP contribution in [0.15, 0.2) is 36.5 Å². The van der Waals surface area contributed by atoms with E-state index in [1.807, 2.05) is 12.1 Å². The zero-order valence-electron chi connectivity index (χ0n) is 14.5. The Morgan fingerprint density at radius 2 is 2.04 bits per heavy atom. The molecular formula is C19H23NO5. The lowest BCUT2D eigenvalue weighted by Gasteiger charge is -2.14. The molecule has 1 aromatic carbocycles. The van der Waals surface area contributed by atoms with Crippen LogP contribution in [0.4, 0.5) is 0 Å². The molecule has 0 amide bonds. The summed E-state index contributed by atoms with van der Waals surface area (Å²) in [6.07, 6.45) is 1.99. The average Bonchev–Trinajstić information content (AvgIpc) is 3.19. The molecule has 1 aliphatic rings. The summed E-state index contributed by atoms with van der Waals surface area (Å²) in [6.45, 7) is 1.91. The van der Waals surface area contributed by atoms with Crippen molar-refractivity contribution < 1.29 is 24.1 Å². The quantitative estimate of drug-likeness (QED) is 0.831. The van der Waals surface area contributed by atoms with E-state index in [1.165, 1.54) is 0 Å². The van der Waals surface area contributed by atoms with Crippen molar-refractivity contribution in [3.8, 4) is 11.5 Å². The third-order valence-electron chi connectivity index (χ3n) is 4.22. The van der Waals surface area contributed by atoms with Gasteiger partial charge in [-0.25, -0.2) is 0 Å². The van der Waals surface area contributed by atoms with E-state index in [2.05, 4.69) is 4.98 Å². The maximum absolute atomic E-state index is 10.6. The van der Waals surface area contributed by atoms with Crippen LogP contribution in [0.1, 0.15) is 29.3 Å². The molecule has 1 aliphatic heterocycles. The number of aliphatic hydroxyl groups excluding tert-OH is 1. The zero-order valence-corrected chi connectivity index (χ0v) is 14.5. The SMILES string of the molecule is COc1ccc(C(O)c2ccc(CO[C@H]3CCOC3)cn2)cc1OC. The van der Waals surface area contributed by atoms with E-state index in [0.717, 1.165) is 18.6 Å². The van der Waals surface area contributed by atoms with Gasteiger partial charge in [0, 0.05) is 12.8 Å². The van der Waals surface area contributed by atoms with E-state index >= 15 is 0 Å². The molecular weight excluding hydrogens is 322 g/mol. The minimum atomic E-state index is -0.835. The molecule has 6 nitrogen and oxygen atoms in total. The standard InChI is InChI=1S/C19H23NO5/c1-22-17-6-4-14(9-18(17)23-2)19(21)16-5-3-13(10-20-16)11-25-15-7-8-24-12-15/h3-6,9-10,15,19,21H,7-8,11-12H2,1-2H3/t15-,19?/m0/s1. The van der Waals surface area contributed by atoms with Gasteiger partial charge in [-0.05, 0) is 35.7 Å². The smallest absolute Gasteiger partial charge is 0.161 e. The van der Waals surface area contributed by atoms with E-state index in [-0.39, 0.29) is 6.10 Å². The lowest BCUT2D eigenvalue weighted by atomic mass is 10.0. The van der Waals surface area contributed by atoms with Crippen LogP contribution in [0.2, 0.25) is 0 Å². The van der Waals surface area contributed by atoms with Crippen molar-refractivity contribution in [2.75, 3.05) is 27.4 Å². The maximum Gasteiger partial charge on any atom is 0.161 e. The highest BCUT2D eigenvalue weighted by Crippen LogP contribution is 2.31. The van der Waals surface area contributed by atoms with Gasteiger partial charge in [-0.3, -0.25) is 4.98 Å². The molecule has 2 atom stereocenters. The summed E-state index contributed by atoms with van der Waals surface area (Å²) in [6, 6.07) is 9.05. The third-order valence-corrected chi connectivity index (χ3v) is 4.22. The fourth-order valence-electron chi connectivity index (χ4n) is 2.74. The van der Waals surface area contributed by atoms with Gasteiger partial charge >= 0.3 is 0 Å². The summed E-state index contributed by atoms with van der Waals surface area (Å²) in [5, 5.41) is 10.6. The Morgan fingerprint density at radius 3 is 2.68 bits per heavy atom. The van der Waals surface area contributed by atoms with Crippen LogP contribution in [0.5, 0.6) is 11.5 Å². The Balaban J connectivity index is 1.66. The van der Waals surface area contributed by atoms with Crippen molar-refractivity contribution in [1.82, 2.24) is 4.98 Å².